The van der Waals surface area contributed by atoms with Crippen LogP contribution in [0.25, 0.3) is 11.2 Å². The Morgan fingerprint density at radius 1 is 0.845 bits per heavy atom. The molecule has 0 radical (unpaired) electrons. The SMILES string of the molecule is O=C1CC[C@H](N2C(=O)c3cccc(N4CCC(CN5CCC(CNc6ncnc7c6ncn7C6CC(NC(=O)c7c(Cl)cccc7Cl)C6)CC5)CC4)c3C2=O)C(=O)N1. The van der Waals surface area contributed by atoms with E-state index in [-0.39, 0.29) is 36.7 Å². The van der Waals surface area contributed by atoms with Crippen molar-refractivity contribution in [2.45, 2.75) is 69.5 Å². The first kappa shape index (κ1) is 38.4. The minimum Gasteiger partial charge on any atom is -0.371 e. The highest BCUT2D eigenvalue weighted by Crippen LogP contribution is 2.38. The molecule has 3 saturated heterocycles. The fourth-order valence-corrected chi connectivity index (χ4v) is 9.82. The van der Waals surface area contributed by atoms with Gasteiger partial charge in [-0.25, -0.2) is 15.0 Å². The molecule has 0 spiro atoms. The molecule has 5 amide bonds. The molecule has 6 heterocycles. The smallest absolute Gasteiger partial charge is 0.264 e. The third kappa shape index (κ3) is 7.28. The number of hydrogen-bond acceptors (Lipinski definition) is 11. The number of hydrogen-bond donors (Lipinski definition) is 3. The molecule has 2 aromatic heterocycles. The van der Waals surface area contributed by atoms with Gasteiger partial charge in [0.25, 0.3) is 17.7 Å². The maximum Gasteiger partial charge on any atom is 0.264 e. The lowest BCUT2D eigenvalue weighted by Gasteiger charge is -2.38. The third-order valence-electron chi connectivity index (χ3n) is 12.6. The quantitative estimate of drug-likeness (QED) is 0.189. The van der Waals surface area contributed by atoms with Gasteiger partial charge in [0.2, 0.25) is 11.8 Å². The van der Waals surface area contributed by atoms with E-state index in [1.165, 1.54) is 0 Å². The van der Waals surface area contributed by atoms with Crippen molar-refractivity contribution in [2.75, 3.05) is 49.5 Å². The van der Waals surface area contributed by atoms with Crippen LogP contribution in [0.3, 0.4) is 0 Å². The zero-order chi connectivity index (χ0) is 40.1. The van der Waals surface area contributed by atoms with Crippen LogP contribution in [0, 0.1) is 11.8 Å². The Hall–Kier alpha value is -5.12. The van der Waals surface area contributed by atoms with Crippen LogP contribution < -0.4 is 20.9 Å². The number of piperidine rings is 3. The zero-order valence-electron chi connectivity index (χ0n) is 31.8. The summed E-state index contributed by atoms with van der Waals surface area (Å²) in [4.78, 5) is 83.6. The van der Waals surface area contributed by atoms with Crippen LogP contribution in [0.1, 0.15) is 88.5 Å². The van der Waals surface area contributed by atoms with E-state index in [1.807, 2.05) is 12.4 Å². The normalized spacial score (nSPS) is 23.2. The molecule has 0 unspecified atom stereocenters. The van der Waals surface area contributed by atoms with E-state index in [0.717, 1.165) is 105 Å². The van der Waals surface area contributed by atoms with Gasteiger partial charge in [0.05, 0.1) is 38.8 Å². The number of nitrogens with zero attached hydrogens (tertiary/aromatic N) is 7. The van der Waals surface area contributed by atoms with E-state index < -0.39 is 23.8 Å². The van der Waals surface area contributed by atoms with Crippen molar-refractivity contribution in [3.05, 3.63) is 75.8 Å². The average Bonchev–Trinajstić information content (AvgIpc) is 3.74. The number of aromatic nitrogens is 4. The highest BCUT2D eigenvalue weighted by Gasteiger charge is 2.46. The number of nitrogens with one attached hydrogen (secondary N) is 3. The number of imidazole rings is 1. The van der Waals surface area contributed by atoms with Gasteiger partial charge in [-0.05, 0) is 94.1 Å². The third-order valence-corrected chi connectivity index (χ3v) is 13.2. The molecule has 4 fully saturated rings. The van der Waals surface area contributed by atoms with Gasteiger partial charge in [-0.1, -0.05) is 35.3 Å². The number of halogens is 2. The summed E-state index contributed by atoms with van der Waals surface area (Å²) < 4.78 is 2.07. The first-order chi connectivity index (χ1) is 28.1. The number of likely N-dealkylation sites (tertiary alicyclic amines) is 1. The van der Waals surface area contributed by atoms with Gasteiger partial charge in [0, 0.05) is 44.7 Å². The molecular formula is C41H44Cl2N10O5. The molecule has 302 valence electrons. The van der Waals surface area contributed by atoms with Gasteiger partial charge in [-0.2, -0.15) is 0 Å². The standard InChI is InChI=1S/C41H44Cl2N10O5/c42-28-4-2-5-29(43)34(28)39(56)48-25-17-26(18-25)52-22-47-35-36(45-21-46-37(35)52)44-19-23-9-13-50(14-10-23)20-24-11-15-51(16-12-24)30-6-1-3-27-33(30)41(58)53(40(27)57)31-7-8-32(54)49-38(31)55/h1-6,21-26,31H,7-20H2,(H,48,56)(H,44,45,46)(H,49,54,55)/t25?,26?,31-/m0/s1. The lowest BCUT2D eigenvalue weighted by Crippen LogP contribution is -2.54. The lowest BCUT2D eigenvalue weighted by atomic mass is 9.86. The second-order valence-corrected chi connectivity index (χ2v) is 17.0. The number of benzene rings is 2. The number of rotatable bonds is 10. The molecule has 2 aromatic carbocycles. The molecule has 3 N–H and O–H groups in total. The summed E-state index contributed by atoms with van der Waals surface area (Å²) in [5, 5.41) is 9.53. The minimum atomic E-state index is -0.977. The molecule has 0 bridgehead atoms. The summed E-state index contributed by atoms with van der Waals surface area (Å²) >= 11 is 12.5. The van der Waals surface area contributed by atoms with Gasteiger partial charge in [-0.3, -0.25) is 34.2 Å². The number of fused-ring (bicyclic) bond motifs is 2. The Bertz CT molecular complexity index is 2280. The van der Waals surface area contributed by atoms with Crippen LogP contribution in [0.15, 0.2) is 49.1 Å². The van der Waals surface area contributed by atoms with E-state index in [4.69, 9.17) is 23.2 Å². The van der Waals surface area contributed by atoms with E-state index in [2.05, 4.69) is 45.3 Å². The number of carbonyl (C=O) groups is 5. The predicted octanol–water partition coefficient (Wildman–Crippen LogP) is 4.71. The van der Waals surface area contributed by atoms with Gasteiger partial charge >= 0.3 is 0 Å². The molecule has 4 aliphatic heterocycles. The van der Waals surface area contributed by atoms with Crippen molar-refractivity contribution >= 4 is 75.4 Å². The van der Waals surface area contributed by atoms with Gasteiger partial charge in [-0.15, -0.1) is 0 Å². The van der Waals surface area contributed by atoms with E-state index in [0.29, 0.717) is 38.6 Å². The van der Waals surface area contributed by atoms with Crippen molar-refractivity contribution < 1.29 is 24.0 Å². The second kappa shape index (κ2) is 15.9. The number of imide groups is 2. The Labute approximate surface area is 344 Å². The van der Waals surface area contributed by atoms with E-state index >= 15 is 0 Å². The van der Waals surface area contributed by atoms with Crippen molar-refractivity contribution in [1.29, 1.82) is 0 Å². The van der Waals surface area contributed by atoms with Gasteiger partial charge < -0.3 is 25.0 Å². The molecule has 1 saturated carbocycles. The van der Waals surface area contributed by atoms with Crippen LogP contribution in [-0.2, 0) is 9.59 Å². The summed E-state index contributed by atoms with van der Waals surface area (Å²) in [6.45, 7) is 5.45. The number of carbonyl (C=O) groups excluding carboxylic acids is 5. The highest BCUT2D eigenvalue weighted by molar-refractivity contribution is 6.39. The molecule has 1 aliphatic carbocycles. The summed E-state index contributed by atoms with van der Waals surface area (Å²) in [7, 11) is 0. The van der Waals surface area contributed by atoms with Crippen molar-refractivity contribution in [3.63, 3.8) is 0 Å². The molecule has 1 atom stereocenters. The average molecular weight is 828 g/mol. The monoisotopic (exact) mass is 826 g/mol. The molecular weight excluding hydrogens is 783 g/mol. The van der Waals surface area contributed by atoms with Crippen LogP contribution in [0.5, 0.6) is 0 Å². The molecule has 5 aliphatic rings. The van der Waals surface area contributed by atoms with Crippen LogP contribution in [0.4, 0.5) is 11.5 Å². The fraction of sp³-hybridized carbons (Fsp3) is 0.463. The second-order valence-electron chi connectivity index (χ2n) is 16.1. The molecule has 4 aromatic rings. The summed E-state index contributed by atoms with van der Waals surface area (Å²) in [6.07, 6.45) is 9.23. The summed E-state index contributed by atoms with van der Waals surface area (Å²) in [6, 6.07) is 9.55. The largest absolute Gasteiger partial charge is 0.371 e. The molecule has 15 nitrogen and oxygen atoms in total. The Morgan fingerprint density at radius 3 is 2.31 bits per heavy atom. The molecule has 17 heteroatoms. The van der Waals surface area contributed by atoms with Gasteiger partial charge in [0.1, 0.15) is 17.9 Å². The Morgan fingerprint density at radius 2 is 1.57 bits per heavy atom. The zero-order valence-corrected chi connectivity index (χ0v) is 33.3. The summed E-state index contributed by atoms with van der Waals surface area (Å²) in [5.41, 5.74) is 3.23. The predicted molar refractivity (Wildman–Crippen MR) is 217 cm³/mol. The molecule has 9 rings (SSSR count). The Balaban J connectivity index is 0.731. The van der Waals surface area contributed by atoms with Crippen LogP contribution in [0.2, 0.25) is 10.0 Å². The van der Waals surface area contributed by atoms with E-state index in [1.54, 1.807) is 36.7 Å². The van der Waals surface area contributed by atoms with E-state index in [9.17, 15) is 24.0 Å². The minimum absolute atomic E-state index is 0.00261. The Kier molecular flexibility index (Phi) is 10.5. The van der Waals surface area contributed by atoms with Crippen molar-refractivity contribution in [3.8, 4) is 0 Å². The van der Waals surface area contributed by atoms with Gasteiger partial charge in [0.15, 0.2) is 11.5 Å². The molecule has 58 heavy (non-hydrogen) atoms. The van der Waals surface area contributed by atoms with Crippen molar-refractivity contribution in [1.82, 2.24) is 40.0 Å². The lowest BCUT2D eigenvalue weighted by molar-refractivity contribution is -0.136. The maximum absolute atomic E-state index is 13.6. The highest BCUT2D eigenvalue weighted by atomic mass is 35.5. The number of anilines is 2. The van der Waals surface area contributed by atoms with Crippen LogP contribution in [-0.4, -0.2) is 110 Å². The first-order valence-electron chi connectivity index (χ1n) is 20.1. The van der Waals surface area contributed by atoms with Crippen LogP contribution >= 0.6 is 23.2 Å². The van der Waals surface area contributed by atoms with Crippen molar-refractivity contribution in [2.24, 2.45) is 11.8 Å². The fourth-order valence-electron chi connectivity index (χ4n) is 9.25. The maximum atomic E-state index is 13.6. The topological polar surface area (TPSA) is 175 Å². The first-order valence-corrected chi connectivity index (χ1v) is 20.9. The number of amides is 5. The summed E-state index contributed by atoms with van der Waals surface area (Å²) in [5.74, 6) is -0.427.